The van der Waals surface area contributed by atoms with E-state index in [0.29, 0.717) is 36.0 Å². The van der Waals surface area contributed by atoms with E-state index < -0.39 is 24.3 Å². The molecule has 202 valence electrons. The van der Waals surface area contributed by atoms with Crippen molar-refractivity contribution in [3.8, 4) is 0 Å². The molecule has 5 fully saturated rings. The number of ether oxygens (including phenoxy) is 3. The van der Waals surface area contributed by atoms with Crippen molar-refractivity contribution in [1.82, 2.24) is 0 Å². The zero-order valence-corrected chi connectivity index (χ0v) is 21.5. The molecule has 1 aliphatic heterocycles. The van der Waals surface area contributed by atoms with Crippen LogP contribution in [0.25, 0.3) is 0 Å². The minimum absolute atomic E-state index is 0.0136. The van der Waals surface area contributed by atoms with Gasteiger partial charge in [0.15, 0.2) is 11.9 Å². The van der Waals surface area contributed by atoms with Crippen LogP contribution in [0.5, 0.6) is 0 Å². The Bertz CT molecular complexity index is 1000. The number of rotatable bonds is 4. The van der Waals surface area contributed by atoms with Crippen molar-refractivity contribution in [2.45, 2.75) is 83.3 Å². The maximum Gasteiger partial charge on any atom is 0.509 e. The predicted molar refractivity (Wildman–Crippen MR) is 130 cm³/mol. The molecule has 5 aliphatic carbocycles. The van der Waals surface area contributed by atoms with E-state index >= 15 is 0 Å². The molecular weight excluding hydrogens is 476 g/mol. The van der Waals surface area contributed by atoms with Gasteiger partial charge in [-0.3, -0.25) is 14.4 Å². The van der Waals surface area contributed by atoms with Crippen LogP contribution in [0, 0.1) is 53.3 Å². The maximum absolute atomic E-state index is 13.6. The van der Waals surface area contributed by atoms with E-state index in [9.17, 15) is 24.3 Å². The van der Waals surface area contributed by atoms with E-state index in [1.807, 2.05) is 6.08 Å². The summed E-state index contributed by atoms with van der Waals surface area (Å²) >= 11 is 0. The van der Waals surface area contributed by atoms with Crippen molar-refractivity contribution in [2.75, 3.05) is 6.61 Å². The largest absolute Gasteiger partial charge is 0.509 e. The lowest BCUT2D eigenvalue weighted by Crippen LogP contribution is -2.50. The summed E-state index contributed by atoms with van der Waals surface area (Å²) in [7, 11) is 0. The minimum atomic E-state index is -0.723. The fraction of sp³-hybridized carbons (Fsp3) is 0.793. The van der Waals surface area contributed by atoms with Gasteiger partial charge in [0.05, 0.1) is 11.8 Å². The van der Waals surface area contributed by atoms with Gasteiger partial charge in [-0.05, 0) is 113 Å². The van der Waals surface area contributed by atoms with E-state index in [4.69, 9.17) is 14.2 Å². The second-order valence-corrected chi connectivity index (χ2v) is 12.5. The molecule has 0 aromatic carbocycles. The molecule has 1 heterocycles. The summed E-state index contributed by atoms with van der Waals surface area (Å²) in [5, 5.41) is 9.62. The first-order chi connectivity index (χ1) is 17.8. The van der Waals surface area contributed by atoms with Crippen LogP contribution in [0.1, 0.15) is 71.1 Å². The predicted octanol–water partition coefficient (Wildman–Crippen LogP) is 4.55. The van der Waals surface area contributed by atoms with Crippen LogP contribution in [0.4, 0.5) is 4.79 Å². The Hall–Kier alpha value is -2.38. The van der Waals surface area contributed by atoms with Crippen LogP contribution in [0.15, 0.2) is 11.6 Å². The standard InChI is InChI=1S/C29H38O8/c1-14-25(37-29(34)36-14)13-35-28(33)18-6-7-19-16(10-18)5-9-21-20-8-4-15-2-3-17(27(31)32)11-22(15)23(20)12-24(30)26(19)21/h12,14-22,25-26H,2-11,13H2,1H3,(H,31,32). The molecule has 0 aromatic rings. The third-order valence-corrected chi connectivity index (χ3v) is 10.8. The molecule has 1 saturated heterocycles. The van der Waals surface area contributed by atoms with Gasteiger partial charge in [0.2, 0.25) is 0 Å². The van der Waals surface area contributed by atoms with Gasteiger partial charge in [0, 0.05) is 5.92 Å². The number of carbonyl (C=O) groups excluding carboxylic acids is 3. The van der Waals surface area contributed by atoms with Gasteiger partial charge >= 0.3 is 18.1 Å². The van der Waals surface area contributed by atoms with Crippen molar-refractivity contribution < 1.29 is 38.5 Å². The fourth-order valence-electron chi connectivity index (χ4n) is 8.99. The highest BCUT2D eigenvalue weighted by atomic mass is 16.8. The van der Waals surface area contributed by atoms with E-state index in [0.717, 1.165) is 57.8 Å². The molecule has 0 spiro atoms. The van der Waals surface area contributed by atoms with Gasteiger partial charge in [0.1, 0.15) is 12.7 Å². The van der Waals surface area contributed by atoms with Crippen molar-refractivity contribution in [3.63, 3.8) is 0 Å². The molecule has 4 saturated carbocycles. The number of ketones is 1. The zero-order chi connectivity index (χ0) is 25.8. The molecule has 8 nitrogen and oxygen atoms in total. The van der Waals surface area contributed by atoms with Gasteiger partial charge in [0.25, 0.3) is 0 Å². The number of carboxylic acid groups (broad SMARTS) is 1. The highest BCUT2D eigenvalue weighted by Gasteiger charge is 2.53. The van der Waals surface area contributed by atoms with Crippen molar-refractivity contribution in [1.29, 1.82) is 0 Å². The topological polar surface area (TPSA) is 116 Å². The van der Waals surface area contributed by atoms with Gasteiger partial charge in [-0.1, -0.05) is 5.57 Å². The quantitative estimate of drug-likeness (QED) is 0.543. The fourth-order valence-corrected chi connectivity index (χ4v) is 8.99. The first-order valence-corrected chi connectivity index (χ1v) is 14.3. The van der Waals surface area contributed by atoms with E-state index in [-0.39, 0.29) is 42.0 Å². The smallest absolute Gasteiger partial charge is 0.481 e. The number of fused-ring (bicyclic) bond motifs is 7. The van der Waals surface area contributed by atoms with Crippen LogP contribution in [-0.4, -0.2) is 47.8 Å². The van der Waals surface area contributed by atoms with E-state index in [1.165, 1.54) is 5.57 Å². The number of allylic oxidation sites excluding steroid dienone is 2. The number of hydrogen-bond acceptors (Lipinski definition) is 7. The lowest BCUT2D eigenvalue weighted by Gasteiger charge is -2.54. The van der Waals surface area contributed by atoms with E-state index in [2.05, 4.69) is 0 Å². The highest BCUT2D eigenvalue weighted by Crippen LogP contribution is 2.58. The second kappa shape index (κ2) is 9.73. The average Bonchev–Trinajstić information content (AvgIpc) is 3.22. The lowest BCUT2D eigenvalue weighted by atomic mass is 9.50. The van der Waals surface area contributed by atoms with Crippen molar-refractivity contribution >= 4 is 23.9 Å². The van der Waals surface area contributed by atoms with Gasteiger partial charge in [-0.25, -0.2) is 4.79 Å². The van der Waals surface area contributed by atoms with Crippen LogP contribution in [-0.2, 0) is 28.6 Å². The Morgan fingerprint density at radius 3 is 2.38 bits per heavy atom. The highest BCUT2D eigenvalue weighted by molar-refractivity contribution is 5.94. The average molecular weight is 515 g/mol. The molecule has 6 aliphatic rings. The molecule has 0 bridgehead atoms. The Kier molecular flexibility index (Phi) is 6.56. The molecule has 0 aromatic heterocycles. The number of carbonyl (C=O) groups is 4. The molecule has 37 heavy (non-hydrogen) atoms. The molecule has 1 N–H and O–H groups in total. The number of carboxylic acids is 1. The number of aliphatic carboxylic acids is 1. The minimum Gasteiger partial charge on any atom is -0.481 e. The second-order valence-electron chi connectivity index (χ2n) is 12.5. The third-order valence-electron chi connectivity index (χ3n) is 10.8. The van der Waals surface area contributed by atoms with Crippen LogP contribution >= 0.6 is 0 Å². The summed E-state index contributed by atoms with van der Waals surface area (Å²) in [5.41, 5.74) is 1.27. The van der Waals surface area contributed by atoms with Crippen molar-refractivity contribution in [2.24, 2.45) is 53.3 Å². The molecule has 11 unspecified atom stereocenters. The molecular formula is C29H38O8. The summed E-state index contributed by atoms with van der Waals surface area (Å²) in [6.45, 7) is 1.74. The molecule has 8 heteroatoms. The van der Waals surface area contributed by atoms with Crippen LogP contribution in [0.3, 0.4) is 0 Å². The maximum atomic E-state index is 13.6. The number of cyclic esters (lactones) is 2. The Morgan fingerprint density at radius 1 is 0.892 bits per heavy atom. The molecule has 6 rings (SSSR count). The summed E-state index contributed by atoms with van der Waals surface area (Å²) in [6, 6.07) is 0. The molecule has 0 amide bonds. The first kappa shape index (κ1) is 24.9. The van der Waals surface area contributed by atoms with Gasteiger partial charge in [-0.2, -0.15) is 0 Å². The summed E-state index contributed by atoms with van der Waals surface area (Å²) in [4.78, 5) is 49.4. The number of hydrogen-bond donors (Lipinski definition) is 1. The third kappa shape index (κ3) is 4.48. The normalized spacial score (nSPS) is 44.7. The SMILES string of the molecule is CC1OC(=O)OC1COC(=O)C1CCC2C(CCC3C4CCC5CCC(C(=O)O)CC5C4=CC(=O)C23)C1. The van der Waals surface area contributed by atoms with Gasteiger partial charge in [-0.15, -0.1) is 0 Å². The summed E-state index contributed by atoms with van der Waals surface area (Å²) in [5.74, 6) is 1.13. The van der Waals surface area contributed by atoms with Crippen LogP contribution < -0.4 is 0 Å². The first-order valence-electron chi connectivity index (χ1n) is 14.3. The zero-order valence-electron chi connectivity index (χ0n) is 21.5. The Labute approximate surface area is 217 Å². The number of esters is 1. The van der Waals surface area contributed by atoms with Gasteiger partial charge < -0.3 is 19.3 Å². The molecule has 0 radical (unpaired) electrons. The Balaban J connectivity index is 1.11. The van der Waals surface area contributed by atoms with Crippen LogP contribution in [0.2, 0.25) is 0 Å². The Morgan fingerprint density at radius 2 is 1.62 bits per heavy atom. The monoisotopic (exact) mass is 514 g/mol. The summed E-state index contributed by atoms with van der Waals surface area (Å²) < 4.78 is 15.5. The molecule has 11 atom stereocenters. The van der Waals surface area contributed by atoms with Crippen molar-refractivity contribution in [3.05, 3.63) is 11.6 Å². The lowest BCUT2D eigenvalue weighted by molar-refractivity contribution is -0.155. The van der Waals surface area contributed by atoms with E-state index in [1.54, 1.807) is 6.92 Å². The summed E-state index contributed by atoms with van der Waals surface area (Å²) in [6.07, 6.45) is 9.30.